The van der Waals surface area contributed by atoms with E-state index in [2.05, 4.69) is 26.1 Å². The highest BCUT2D eigenvalue weighted by Gasteiger charge is 2.45. The molecule has 5 heterocycles. The van der Waals surface area contributed by atoms with Crippen LogP contribution in [0.1, 0.15) is 31.2 Å². The highest BCUT2D eigenvalue weighted by atomic mass is 19.2. The van der Waals surface area contributed by atoms with E-state index in [1.54, 1.807) is 0 Å². The van der Waals surface area contributed by atoms with Crippen LogP contribution in [0.2, 0.25) is 0 Å². The van der Waals surface area contributed by atoms with Crippen LogP contribution in [0.15, 0.2) is 18.2 Å². The number of hydrogen-bond acceptors (Lipinski definition) is 9. The van der Waals surface area contributed by atoms with Crippen LogP contribution >= 0.6 is 0 Å². The van der Waals surface area contributed by atoms with Gasteiger partial charge >= 0.3 is 6.01 Å². The molecule has 0 saturated carbocycles. The molecule has 9 nitrogen and oxygen atoms in total. The molecular formula is C32H31F3N6O3. The van der Waals surface area contributed by atoms with Crippen LogP contribution in [0, 0.1) is 29.8 Å². The number of halogens is 3. The van der Waals surface area contributed by atoms with Crippen LogP contribution in [0.3, 0.4) is 0 Å². The van der Waals surface area contributed by atoms with Crippen molar-refractivity contribution in [2.75, 3.05) is 57.9 Å². The Kier molecular flexibility index (Phi) is 7.10. The number of nitrogens with one attached hydrogen (secondary N) is 1. The molecule has 2 aromatic carbocycles. The molecule has 2 aromatic heterocycles. The summed E-state index contributed by atoms with van der Waals surface area (Å²) in [6.07, 6.45) is 9.81. The predicted octanol–water partition coefficient (Wildman–Crippen LogP) is 4.37. The lowest BCUT2D eigenvalue weighted by molar-refractivity contribution is 0.108. The van der Waals surface area contributed by atoms with Crippen molar-refractivity contribution in [3.63, 3.8) is 0 Å². The first-order chi connectivity index (χ1) is 21.3. The summed E-state index contributed by atoms with van der Waals surface area (Å²) in [5.41, 5.74) is -0.955. The van der Waals surface area contributed by atoms with Crippen LogP contribution in [0.5, 0.6) is 17.6 Å². The second kappa shape index (κ2) is 11.0. The molecule has 3 fully saturated rings. The summed E-state index contributed by atoms with van der Waals surface area (Å²) < 4.78 is 58.0. The number of methoxy groups -OCH3 is 1. The SMILES string of the molecule is C#Cc1c(F)c(F)cc2cc(O)cc(-c3nc(OC)c4c(N5CCNCC5)nc(OCC56CCCN5CCC6)nc4c3F)c12. The minimum absolute atomic E-state index is 0.0199. The number of aromatic hydroxyl groups is 1. The molecule has 3 saturated heterocycles. The molecule has 44 heavy (non-hydrogen) atoms. The van der Waals surface area contributed by atoms with E-state index in [9.17, 15) is 13.9 Å². The zero-order valence-electron chi connectivity index (χ0n) is 24.2. The van der Waals surface area contributed by atoms with E-state index in [0.717, 1.165) is 44.8 Å². The van der Waals surface area contributed by atoms with E-state index < -0.39 is 23.0 Å². The lowest BCUT2D eigenvalue weighted by atomic mass is 9.95. The molecule has 3 aliphatic rings. The van der Waals surface area contributed by atoms with Crippen molar-refractivity contribution < 1.29 is 27.8 Å². The van der Waals surface area contributed by atoms with Gasteiger partial charge in [0.25, 0.3) is 0 Å². The Bertz CT molecular complexity index is 1830. The lowest BCUT2D eigenvalue weighted by Crippen LogP contribution is -2.44. The minimum atomic E-state index is -1.26. The molecule has 7 rings (SSSR count). The number of pyridine rings is 1. The molecule has 0 bridgehead atoms. The van der Waals surface area contributed by atoms with Crippen LogP contribution < -0.4 is 19.7 Å². The Balaban J connectivity index is 1.45. The van der Waals surface area contributed by atoms with E-state index in [1.807, 2.05) is 4.90 Å². The molecule has 0 spiro atoms. The van der Waals surface area contributed by atoms with Gasteiger partial charge in [-0.3, -0.25) is 4.90 Å². The first kappa shape index (κ1) is 28.4. The largest absolute Gasteiger partial charge is 0.508 e. The Labute approximate surface area is 252 Å². The number of anilines is 1. The summed E-state index contributed by atoms with van der Waals surface area (Å²) in [6, 6.07) is 3.36. The fourth-order valence-electron chi connectivity index (χ4n) is 7.05. The number of phenolic OH excluding ortho intramolecular Hbond substituents is 1. The summed E-state index contributed by atoms with van der Waals surface area (Å²) in [4.78, 5) is 18.3. The number of terminal acetylenes is 1. The second-order valence-electron chi connectivity index (χ2n) is 11.6. The molecule has 3 aliphatic heterocycles. The van der Waals surface area contributed by atoms with E-state index in [4.69, 9.17) is 20.9 Å². The Hall–Kier alpha value is -4.34. The molecule has 0 unspecified atom stereocenters. The van der Waals surface area contributed by atoms with Gasteiger partial charge in [-0.1, -0.05) is 5.92 Å². The number of phenols is 1. The van der Waals surface area contributed by atoms with Gasteiger partial charge in [-0.2, -0.15) is 9.97 Å². The maximum atomic E-state index is 16.8. The fourth-order valence-corrected chi connectivity index (χ4v) is 7.05. The summed E-state index contributed by atoms with van der Waals surface area (Å²) in [7, 11) is 1.39. The van der Waals surface area contributed by atoms with Crippen molar-refractivity contribution in [1.82, 2.24) is 25.2 Å². The van der Waals surface area contributed by atoms with E-state index in [-0.39, 0.29) is 56.1 Å². The number of rotatable bonds is 6. The van der Waals surface area contributed by atoms with E-state index in [1.165, 1.54) is 19.2 Å². The first-order valence-electron chi connectivity index (χ1n) is 14.7. The number of ether oxygens (including phenoxy) is 2. The highest BCUT2D eigenvalue weighted by Crippen LogP contribution is 2.43. The third kappa shape index (κ3) is 4.53. The Morgan fingerprint density at radius 2 is 1.75 bits per heavy atom. The number of hydrogen-bond donors (Lipinski definition) is 2. The average molecular weight is 605 g/mol. The molecule has 0 radical (unpaired) electrons. The smallest absolute Gasteiger partial charge is 0.319 e. The third-order valence-corrected chi connectivity index (χ3v) is 9.12. The zero-order valence-corrected chi connectivity index (χ0v) is 24.2. The van der Waals surface area contributed by atoms with Crippen molar-refractivity contribution >= 4 is 27.5 Å². The van der Waals surface area contributed by atoms with Gasteiger partial charge in [0.1, 0.15) is 34.8 Å². The number of nitrogens with zero attached hydrogens (tertiary/aromatic N) is 5. The standard InChI is InChI=1S/C32H31F3N6O3/c1-3-20-23-18(15-22(33)25(20)34)14-19(42)16-21(23)27-26(35)28-24(30(37-27)43-2)29(40-12-8-36-9-13-40)39-31(38-28)44-17-32-6-4-10-41(32)11-5-7-32/h1,14-16,36,42H,4-13,17H2,2H3. The van der Waals surface area contributed by atoms with Gasteiger partial charge in [-0.15, -0.1) is 6.42 Å². The lowest BCUT2D eigenvalue weighted by Gasteiger charge is -2.32. The highest BCUT2D eigenvalue weighted by molar-refractivity contribution is 6.04. The number of aromatic nitrogens is 3. The Morgan fingerprint density at radius 3 is 2.45 bits per heavy atom. The van der Waals surface area contributed by atoms with Crippen LogP contribution in [0.25, 0.3) is 32.9 Å². The topological polar surface area (TPSA) is 95.9 Å². The van der Waals surface area contributed by atoms with Gasteiger partial charge in [-0.05, 0) is 62.4 Å². The van der Waals surface area contributed by atoms with E-state index >= 15 is 4.39 Å². The molecule has 2 N–H and O–H groups in total. The van der Waals surface area contributed by atoms with E-state index in [0.29, 0.717) is 38.6 Å². The van der Waals surface area contributed by atoms with Gasteiger partial charge in [0.15, 0.2) is 17.5 Å². The monoisotopic (exact) mass is 604 g/mol. The molecular weight excluding hydrogens is 573 g/mol. The Morgan fingerprint density at radius 1 is 1.00 bits per heavy atom. The van der Waals surface area contributed by atoms with Gasteiger partial charge in [0, 0.05) is 37.1 Å². The quantitative estimate of drug-likeness (QED) is 0.311. The van der Waals surface area contributed by atoms with Crippen molar-refractivity contribution in [3.8, 4) is 41.2 Å². The third-order valence-electron chi connectivity index (χ3n) is 9.12. The summed E-state index contributed by atoms with van der Waals surface area (Å²) in [6.45, 7) is 5.02. The molecule has 4 aromatic rings. The van der Waals surface area contributed by atoms with Gasteiger partial charge in [-0.25, -0.2) is 18.2 Å². The summed E-state index contributed by atoms with van der Waals surface area (Å²) in [5, 5.41) is 14.2. The number of piperazine rings is 1. The van der Waals surface area contributed by atoms with Crippen LogP contribution in [0.4, 0.5) is 19.0 Å². The van der Waals surface area contributed by atoms with Crippen LogP contribution in [-0.2, 0) is 0 Å². The summed E-state index contributed by atoms with van der Waals surface area (Å²) in [5.74, 6) is -1.01. The predicted molar refractivity (Wildman–Crippen MR) is 160 cm³/mol. The second-order valence-corrected chi connectivity index (χ2v) is 11.6. The minimum Gasteiger partial charge on any atom is -0.508 e. The maximum Gasteiger partial charge on any atom is 0.319 e. The average Bonchev–Trinajstić information content (AvgIpc) is 3.62. The number of fused-ring (bicyclic) bond motifs is 3. The molecule has 228 valence electrons. The van der Waals surface area contributed by atoms with Gasteiger partial charge in [0.2, 0.25) is 5.88 Å². The maximum absolute atomic E-state index is 16.8. The summed E-state index contributed by atoms with van der Waals surface area (Å²) >= 11 is 0. The van der Waals surface area contributed by atoms with Crippen molar-refractivity contribution in [2.45, 2.75) is 31.2 Å². The normalized spacial score (nSPS) is 18.1. The van der Waals surface area contributed by atoms with Crippen molar-refractivity contribution in [1.29, 1.82) is 0 Å². The fraction of sp³-hybridized carbons (Fsp3) is 0.406. The molecule has 12 heteroatoms. The zero-order chi connectivity index (χ0) is 30.6. The molecule has 0 amide bonds. The molecule has 0 atom stereocenters. The van der Waals surface area contributed by atoms with Crippen LogP contribution in [-0.4, -0.2) is 83.5 Å². The molecule has 0 aliphatic carbocycles. The van der Waals surface area contributed by atoms with Gasteiger partial charge < -0.3 is 24.8 Å². The van der Waals surface area contributed by atoms with Crippen molar-refractivity contribution in [2.24, 2.45) is 0 Å². The first-order valence-corrected chi connectivity index (χ1v) is 14.7. The number of benzene rings is 2. The van der Waals surface area contributed by atoms with Gasteiger partial charge in [0.05, 0.1) is 18.2 Å². The van der Waals surface area contributed by atoms with Crippen molar-refractivity contribution in [3.05, 3.63) is 41.2 Å².